The molecule has 0 bridgehead atoms. The normalized spacial score (nSPS) is 21.7. The lowest BCUT2D eigenvalue weighted by atomic mass is 10.0. The monoisotopic (exact) mass is 300 g/mol. The molecule has 0 saturated carbocycles. The van der Waals surface area contributed by atoms with Crippen LogP contribution in [0.4, 0.5) is 4.79 Å². The predicted octanol–water partition coefficient (Wildman–Crippen LogP) is 1.40. The number of aliphatic hydroxyl groups excluding tert-OH is 1. The number of β-amino-alcohol motifs (C(OH)–C–C–N with tert-alkyl or cyclic N) is 1. The Kier molecular flexibility index (Phi) is 6.78. The number of aliphatic hydroxyl groups is 1. The van der Waals surface area contributed by atoms with E-state index in [2.05, 4.69) is 5.32 Å². The molecule has 1 fully saturated rings. The van der Waals surface area contributed by atoms with Crippen molar-refractivity contribution in [2.45, 2.75) is 25.2 Å². The molecule has 2 rings (SSSR count). The third kappa shape index (κ3) is 4.67. The first-order chi connectivity index (χ1) is 9.16. The second-order valence-electron chi connectivity index (χ2n) is 4.85. The van der Waals surface area contributed by atoms with Crippen LogP contribution in [0.15, 0.2) is 30.3 Å². The van der Waals surface area contributed by atoms with Gasteiger partial charge in [-0.1, -0.05) is 30.3 Å². The standard InChI is InChI=1S/C14H20N2O3.ClH/c1-16(12-7-13(17)9-15-8-12)14(18)19-10-11-5-3-2-4-6-11;/h2-6,12-13,15,17H,7-10H2,1H3;1H/t12-,13-;/m1./s1. The van der Waals surface area contributed by atoms with Gasteiger partial charge in [0.1, 0.15) is 6.61 Å². The summed E-state index contributed by atoms with van der Waals surface area (Å²) >= 11 is 0. The Morgan fingerprint density at radius 2 is 2.10 bits per heavy atom. The van der Waals surface area contributed by atoms with Gasteiger partial charge in [0.05, 0.1) is 6.10 Å². The van der Waals surface area contributed by atoms with Gasteiger partial charge in [-0.3, -0.25) is 0 Å². The molecule has 1 heterocycles. The first-order valence-corrected chi connectivity index (χ1v) is 6.49. The molecule has 0 aromatic heterocycles. The van der Waals surface area contributed by atoms with Crippen molar-refractivity contribution in [1.82, 2.24) is 10.2 Å². The molecule has 0 aliphatic carbocycles. The Labute approximate surface area is 125 Å². The second-order valence-corrected chi connectivity index (χ2v) is 4.85. The SMILES string of the molecule is CN(C(=O)OCc1ccccc1)[C@H]1CNC[C@H](O)C1.Cl. The van der Waals surface area contributed by atoms with E-state index in [1.807, 2.05) is 30.3 Å². The minimum atomic E-state index is -0.400. The number of likely N-dealkylation sites (N-methyl/N-ethyl adjacent to an activating group) is 1. The highest BCUT2D eigenvalue weighted by atomic mass is 35.5. The molecular weight excluding hydrogens is 280 g/mol. The maximum absolute atomic E-state index is 11.9. The number of rotatable bonds is 3. The van der Waals surface area contributed by atoms with E-state index in [9.17, 15) is 9.90 Å². The van der Waals surface area contributed by atoms with Crippen molar-refractivity contribution in [2.24, 2.45) is 0 Å². The van der Waals surface area contributed by atoms with E-state index in [-0.39, 0.29) is 31.1 Å². The lowest BCUT2D eigenvalue weighted by Gasteiger charge is -2.33. The van der Waals surface area contributed by atoms with Crippen LogP contribution in [0.25, 0.3) is 0 Å². The van der Waals surface area contributed by atoms with Gasteiger partial charge in [-0.15, -0.1) is 12.4 Å². The van der Waals surface area contributed by atoms with E-state index in [1.165, 1.54) is 0 Å². The van der Waals surface area contributed by atoms with Crippen molar-refractivity contribution >= 4 is 18.5 Å². The van der Waals surface area contributed by atoms with E-state index in [0.29, 0.717) is 19.5 Å². The number of hydrogen-bond donors (Lipinski definition) is 2. The van der Waals surface area contributed by atoms with Crippen molar-refractivity contribution in [1.29, 1.82) is 0 Å². The van der Waals surface area contributed by atoms with E-state index >= 15 is 0 Å². The number of nitrogens with zero attached hydrogens (tertiary/aromatic N) is 1. The maximum atomic E-state index is 11.9. The molecule has 1 aliphatic heterocycles. The number of carbonyl (C=O) groups excluding carboxylic acids is 1. The lowest BCUT2D eigenvalue weighted by Crippen LogP contribution is -2.51. The highest BCUT2D eigenvalue weighted by Crippen LogP contribution is 2.11. The van der Waals surface area contributed by atoms with Gasteiger partial charge in [0.25, 0.3) is 0 Å². The summed E-state index contributed by atoms with van der Waals surface area (Å²) in [6, 6.07) is 9.56. The number of piperidine rings is 1. The molecule has 1 aromatic carbocycles. The average Bonchev–Trinajstić information content (AvgIpc) is 2.45. The van der Waals surface area contributed by atoms with Gasteiger partial charge in [-0.25, -0.2) is 4.79 Å². The van der Waals surface area contributed by atoms with Crippen molar-refractivity contribution in [3.05, 3.63) is 35.9 Å². The number of hydrogen-bond acceptors (Lipinski definition) is 4. The molecule has 0 unspecified atom stereocenters. The second kappa shape index (κ2) is 8.09. The zero-order valence-electron chi connectivity index (χ0n) is 11.5. The zero-order chi connectivity index (χ0) is 13.7. The van der Waals surface area contributed by atoms with Gasteiger partial charge in [0, 0.05) is 26.2 Å². The zero-order valence-corrected chi connectivity index (χ0v) is 12.3. The van der Waals surface area contributed by atoms with Crippen LogP contribution < -0.4 is 5.32 Å². The average molecular weight is 301 g/mol. The molecule has 0 spiro atoms. The number of amides is 1. The minimum absolute atomic E-state index is 0. The number of carbonyl (C=O) groups is 1. The van der Waals surface area contributed by atoms with E-state index in [1.54, 1.807) is 11.9 Å². The molecule has 6 heteroatoms. The van der Waals surface area contributed by atoms with Crippen LogP contribution in [0, 0.1) is 0 Å². The summed E-state index contributed by atoms with van der Waals surface area (Å²) in [6.07, 6.45) is -0.169. The quantitative estimate of drug-likeness (QED) is 0.886. The van der Waals surface area contributed by atoms with Crippen molar-refractivity contribution in [3.8, 4) is 0 Å². The summed E-state index contributed by atoms with van der Waals surface area (Å²) in [6.45, 7) is 1.55. The van der Waals surface area contributed by atoms with Crippen LogP contribution in [0.2, 0.25) is 0 Å². The van der Waals surface area contributed by atoms with Crippen molar-refractivity contribution in [2.75, 3.05) is 20.1 Å². The molecule has 5 nitrogen and oxygen atoms in total. The fourth-order valence-corrected chi connectivity index (χ4v) is 2.16. The van der Waals surface area contributed by atoms with Gasteiger partial charge < -0.3 is 20.1 Å². The molecule has 1 aromatic rings. The molecule has 20 heavy (non-hydrogen) atoms. The first kappa shape index (κ1) is 16.8. The lowest BCUT2D eigenvalue weighted by molar-refractivity contribution is 0.0595. The van der Waals surface area contributed by atoms with E-state index in [0.717, 1.165) is 5.56 Å². The van der Waals surface area contributed by atoms with Crippen molar-refractivity contribution < 1.29 is 14.6 Å². The number of benzene rings is 1. The summed E-state index contributed by atoms with van der Waals surface area (Å²) < 4.78 is 5.26. The Balaban J connectivity index is 0.00000200. The Hall–Kier alpha value is -1.30. The highest BCUT2D eigenvalue weighted by molar-refractivity contribution is 5.85. The van der Waals surface area contributed by atoms with E-state index < -0.39 is 6.10 Å². The highest BCUT2D eigenvalue weighted by Gasteiger charge is 2.26. The van der Waals surface area contributed by atoms with Crippen molar-refractivity contribution in [3.63, 3.8) is 0 Å². The predicted molar refractivity (Wildman–Crippen MR) is 78.9 cm³/mol. The molecule has 112 valence electrons. The summed E-state index contributed by atoms with van der Waals surface area (Å²) in [5.41, 5.74) is 0.964. The van der Waals surface area contributed by atoms with Gasteiger partial charge in [0.15, 0.2) is 0 Å². The van der Waals surface area contributed by atoms with Gasteiger partial charge in [-0.05, 0) is 12.0 Å². The molecule has 2 atom stereocenters. The van der Waals surface area contributed by atoms with Gasteiger partial charge in [-0.2, -0.15) is 0 Å². The largest absolute Gasteiger partial charge is 0.445 e. The summed E-state index contributed by atoms with van der Waals surface area (Å²) in [5.74, 6) is 0. The minimum Gasteiger partial charge on any atom is -0.445 e. The number of ether oxygens (including phenoxy) is 1. The molecule has 1 aliphatic rings. The van der Waals surface area contributed by atoms with Crippen LogP contribution in [-0.4, -0.2) is 48.4 Å². The Morgan fingerprint density at radius 1 is 1.40 bits per heavy atom. The van der Waals surface area contributed by atoms with E-state index in [4.69, 9.17) is 4.74 Å². The maximum Gasteiger partial charge on any atom is 0.410 e. The van der Waals surface area contributed by atoms with Crippen LogP contribution in [-0.2, 0) is 11.3 Å². The first-order valence-electron chi connectivity index (χ1n) is 6.49. The molecule has 1 saturated heterocycles. The smallest absolute Gasteiger partial charge is 0.410 e. The third-order valence-corrected chi connectivity index (χ3v) is 3.34. The summed E-state index contributed by atoms with van der Waals surface area (Å²) in [7, 11) is 1.71. The van der Waals surface area contributed by atoms with Gasteiger partial charge >= 0.3 is 6.09 Å². The Bertz CT molecular complexity index is 416. The topological polar surface area (TPSA) is 61.8 Å². The van der Waals surface area contributed by atoms with Gasteiger partial charge in [0.2, 0.25) is 0 Å². The fraction of sp³-hybridized carbons (Fsp3) is 0.500. The molecular formula is C14H21ClN2O3. The number of nitrogens with one attached hydrogen (secondary N) is 1. The van der Waals surface area contributed by atoms with Crippen LogP contribution in [0.3, 0.4) is 0 Å². The third-order valence-electron chi connectivity index (χ3n) is 3.34. The fourth-order valence-electron chi connectivity index (χ4n) is 2.16. The molecule has 0 radical (unpaired) electrons. The van der Waals surface area contributed by atoms with Crippen LogP contribution >= 0.6 is 12.4 Å². The van der Waals surface area contributed by atoms with Crippen LogP contribution in [0.5, 0.6) is 0 Å². The summed E-state index contributed by atoms with van der Waals surface area (Å²) in [5, 5.41) is 12.7. The summed E-state index contributed by atoms with van der Waals surface area (Å²) in [4.78, 5) is 13.5. The van der Waals surface area contributed by atoms with Crippen LogP contribution in [0.1, 0.15) is 12.0 Å². The molecule has 1 amide bonds. The molecule has 2 N–H and O–H groups in total. The number of halogens is 1. The Morgan fingerprint density at radius 3 is 2.75 bits per heavy atom.